The number of piperazine rings is 1. The van der Waals surface area contributed by atoms with Crippen molar-refractivity contribution < 1.29 is 9.47 Å². The first kappa shape index (κ1) is 20.6. The number of halogens is 2. The quantitative estimate of drug-likeness (QED) is 0.607. The van der Waals surface area contributed by atoms with E-state index in [4.69, 9.17) is 32.7 Å². The SMILES string of the molecule is CCC(Oc1cc(Cl)cc2c1OC(C)(C)C2)N1CCN(c2cccc(Cl)c2)CC1. The highest BCUT2D eigenvalue weighted by Gasteiger charge is 2.34. The predicted octanol–water partition coefficient (Wildman–Crippen LogP) is 5.64. The molecule has 2 aliphatic rings. The average Bonchev–Trinajstić information content (AvgIpc) is 3.00. The molecule has 0 radical (unpaired) electrons. The first-order chi connectivity index (χ1) is 13.8. The van der Waals surface area contributed by atoms with E-state index in [0.29, 0.717) is 5.02 Å². The van der Waals surface area contributed by atoms with Gasteiger partial charge in [0, 0.05) is 60.0 Å². The zero-order valence-corrected chi connectivity index (χ0v) is 18.8. The van der Waals surface area contributed by atoms with Crippen LogP contribution in [0.25, 0.3) is 0 Å². The molecule has 0 aliphatic carbocycles. The van der Waals surface area contributed by atoms with E-state index in [9.17, 15) is 0 Å². The molecule has 0 N–H and O–H groups in total. The fourth-order valence-corrected chi connectivity index (χ4v) is 4.65. The standard InChI is InChI=1S/C23H28Cl2N2O2/c1-4-21(27-10-8-26(9-11-27)19-7-5-6-17(24)13-19)28-20-14-18(25)12-16-15-23(2,3)29-22(16)20/h5-7,12-14,21H,4,8-11,15H2,1-3H3. The number of fused-ring (bicyclic) bond motifs is 1. The molecule has 29 heavy (non-hydrogen) atoms. The molecule has 1 fully saturated rings. The fraction of sp³-hybridized carbons (Fsp3) is 0.478. The lowest BCUT2D eigenvalue weighted by molar-refractivity contribution is 0.0145. The van der Waals surface area contributed by atoms with Crippen molar-refractivity contribution in [2.45, 2.75) is 45.4 Å². The summed E-state index contributed by atoms with van der Waals surface area (Å²) < 4.78 is 12.6. The Hall–Kier alpha value is -1.62. The van der Waals surface area contributed by atoms with E-state index in [1.807, 2.05) is 30.3 Å². The van der Waals surface area contributed by atoms with Gasteiger partial charge in [-0.1, -0.05) is 36.2 Å². The van der Waals surface area contributed by atoms with Crippen LogP contribution in [-0.2, 0) is 6.42 Å². The van der Waals surface area contributed by atoms with Crippen molar-refractivity contribution in [3.8, 4) is 11.5 Å². The Morgan fingerprint density at radius 2 is 1.83 bits per heavy atom. The number of anilines is 1. The zero-order valence-electron chi connectivity index (χ0n) is 17.3. The number of hydrogen-bond acceptors (Lipinski definition) is 4. The van der Waals surface area contributed by atoms with E-state index in [1.165, 1.54) is 5.69 Å². The maximum Gasteiger partial charge on any atom is 0.165 e. The lowest BCUT2D eigenvalue weighted by Crippen LogP contribution is -2.52. The summed E-state index contributed by atoms with van der Waals surface area (Å²) in [5, 5.41) is 1.47. The third-order valence-electron chi connectivity index (χ3n) is 5.60. The minimum atomic E-state index is -0.227. The van der Waals surface area contributed by atoms with Gasteiger partial charge in [-0.25, -0.2) is 0 Å². The van der Waals surface area contributed by atoms with Gasteiger partial charge in [-0.3, -0.25) is 4.90 Å². The molecular formula is C23H28Cl2N2O2. The summed E-state index contributed by atoms with van der Waals surface area (Å²) in [5.41, 5.74) is 2.07. The first-order valence-corrected chi connectivity index (χ1v) is 11.0. The summed E-state index contributed by atoms with van der Waals surface area (Å²) in [7, 11) is 0. The number of rotatable bonds is 5. The molecule has 0 spiro atoms. The highest BCUT2D eigenvalue weighted by atomic mass is 35.5. The summed E-state index contributed by atoms with van der Waals surface area (Å²) in [6, 6.07) is 11.9. The van der Waals surface area contributed by atoms with Crippen molar-refractivity contribution in [1.82, 2.24) is 4.90 Å². The Morgan fingerprint density at radius 3 is 2.52 bits per heavy atom. The molecule has 1 unspecified atom stereocenters. The normalized spacial score (nSPS) is 19.6. The van der Waals surface area contributed by atoms with Crippen LogP contribution in [0.1, 0.15) is 32.8 Å². The second-order valence-corrected chi connectivity index (χ2v) is 9.29. The summed E-state index contributed by atoms with van der Waals surface area (Å²) in [6.45, 7) is 10.1. The van der Waals surface area contributed by atoms with E-state index in [1.54, 1.807) is 0 Å². The van der Waals surface area contributed by atoms with E-state index < -0.39 is 0 Å². The molecule has 1 atom stereocenters. The number of benzene rings is 2. The highest BCUT2D eigenvalue weighted by molar-refractivity contribution is 6.31. The number of hydrogen-bond donors (Lipinski definition) is 0. The van der Waals surface area contributed by atoms with Crippen LogP contribution in [0.3, 0.4) is 0 Å². The van der Waals surface area contributed by atoms with Gasteiger partial charge in [0.25, 0.3) is 0 Å². The molecule has 0 amide bonds. The monoisotopic (exact) mass is 434 g/mol. The molecule has 4 nitrogen and oxygen atoms in total. The van der Waals surface area contributed by atoms with Crippen LogP contribution in [0.4, 0.5) is 5.69 Å². The topological polar surface area (TPSA) is 24.9 Å². The summed E-state index contributed by atoms with van der Waals surface area (Å²) in [4.78, 5) is 4.77. The maximum absolute atomic E-state index is 6.46. The van der Waals surface area contributed by atoms with E-state index >= 15 is 0 Å². The molecule has 2 aromatic rings. The second kappa shape index (κ2) is 8.25. The molecule has 4 rings (SSSR count). The highest BCUT2D eigenvalue weighted by Crippen LogP contribution is 2.44. The minimum Gasteiger partial charge on any atom is -0.483 e. The Bertz CT molecular complexity index is 879. The molecule has 2 heterocycles. The maximum atomic E-state index is 6.46. The van der Waals surface area contributed by atoms with Crippen LogP contribution >= 0.6 is 23.2 Å². The van der Waals surface area contributed by atoms with Gasteiger partial charge in [0.05, 0.1) is 0 Å². The van der Waals surface area contributed by atoms with Gasteiger partial charge in [0.15, 0.2) is 17.7 Å². The molecule has 1 saturated heterocycles. The van der Waals surface area contributed by atoms with Crippen LogP contribution in [0.15, 0.2) is 36.4 Å². The third-order valence-corrected chi connectivity index (χ3v) is 6.05. The van der Waals surface area contributed by atoms with Crippen molar-refractivity contribution in [2.24, 2.45) is 0 Å². The molecule has 0 aromatic heterocycles. The Kier molecular flexibility index (Phi) is 5.87. The van der Waals surface area contributed by atoms with Gasteiger partial charge in [-0.05, 0) is 44.5 Å². The van der Waals surface area contributed by atoms with Gasteiger partial charge in [0.1, 0.15) is 5.60 Å². The average molecular weight is 435 g/mol. The lowest BCUT2D eigenvalue weighted by Gasteiger charge is -2.40. The molecule has 2 aliphatic heterocycles. The van der Waals surface area contributed by atoms with Crippen LogP contribution in [0.2, 0.25) is 10.0 Å². The van der Waals surface area contributed by atoms with E-state index in [2.05, 4.69) is 36.6 Å². The minimum absolute atomic E-state index is 0.00797. The fourth-order valence-electron chi connectivity index (χ4n) is 4.23. The van der Waals surface area contributed by atoms with Gasteiger partial charge < -0.3 is 14.4 Å². The molecule has 0 saturated carbocycles. The lowest BCUT2D eigenvalue weighted by atomic mass is 10.0. The van der Waals surface area contributed by atoms with E-state index in [0.717, 1.165) is 61.1 Å². The Labute approximate surface area is 183 Å². The van der Waals surface area contributed by atoms with Crippen molar-refractivity contribution in [2.75, 3.05) is 31.1 Å². The summed E-state index contributed by atoms with van der Waals surface area (Å²) in [6.07, 6.45) is 1.72. The molecule has 6 heteroatoms. The molecular weight excluding hydrogens is 407 g/mol. The van der Waals surface area contributed by atoms with Crippen molar-refractivity contribution in [3.05, 3.63) is 52.0 Å². The predicted molar refractivity (Wildman–Crippen MR) is 120 cm³/mol. The molecule has 156 valence electrons. The van der Waals surface area contributed by atoms with E-state index in [-0.39, 0.29) is 11.8 Å². The van der Waals surface area contributed by atoms with Crippen molar-refractivity contribution >= 4 is 28.9 Å². The van der Waals surface area contributed by atoms with Gasteiger partial charge in [-0.15, -0.1) is 0 Å². The summed E-state index contributed by atoms with van der Waals surface area (Å²) in [5.74, 6) is 1.60. The Balaban J connectivity index is 1.45. The first-order valence-electron chi connectivity index (χ1n) is 10.3. The van der Waals surface area contributed by atoms with Gasteiger partial charge in [0.2, 0.25) is 0 Å². The van der Waals surface area contributed by atoms with Crippen LogP contribution < -0.4 is 14.4 Å². The largest absolute Gasteiger partial charge is 0.483 e. The summed E-state index contributed by atoms with van der Waals surface area (Å²) >= 11 is 12.5. The smallest absolute Gasteiger partial charge is 0.165 e. The van der Waals surface area contributed by atoms with Crippen molar-refractivity contribution in [1.29, 1.82) is 0 Å². The molecule has 2 aromatic carbocycles. The molecule has 0 bridgehead atoms. The van der Waals surface area contributed by atoms with Crippen LogP contribution in [0, 0.1) is 0 Å². The number of ether oxygens (including phenoxy) is 2. The number of nitrogens with zero attached hydrogens (tertiary/aromatic N) is 2. The van der Waals surface area contributed by atoms with Crippen LogP contribution in [-0.4, -0.2) is 42.9 Å². The second-order valence-electron chi connectivity index (χ2n) is 8.41. The third kappa shape index (κ3) is 4.60. The van der Waals surface area contributed by atoms with Crippen molar-refractivity contribution in [3.63, 3.8) is 0 Å². The van der Waals surface area contributed by atoms with Gasteiger partial charge in [-0.2, -0.15) is 0 Å². The Morgan fingerprint density at radius 1 is 1.07 bits per heavy atom. The zero-order chi connectivity index (χ0) is 20.6. The van der Waals surface area contributed by atoms with Gasteiger partial charge >= 0.3 is 0 Å². The van der Waals surface area contributed by atoms with Crippen LogP contribution in [0.5, 0.6) is 11.5 Å².